The minimum atomic E-state index is 0.873. The van der Waals surface area contributed by atoms with E-state index >= 15 is 0 Å². The van der Waals surface area contributed by atoms with E-state index in [2.05, 4.69) is 33.3 Å². The molecule has 0 spiro atoms. The summed E-state index contributed by atoms with van der Waals surface area (Å²) in [5.41, 5.74) is 3.84. The summed E-state index contributed by atoms with van der Waals surface area (Å²) < 4.78 is 1.91. The van der Waals surface area contributed by atoms with Crippen molar-refractivity contribution in [3.63, 3.8) is 0 Å². The van der Waals surface area contributed by atoms with Gasteiger partial charge in [-0.25, -0.2) is 4.52 Å². The molecule has 3 nitrogen and oxygen atoms in total. The summed E-state index contributed by atoms with van der Waals surface area (Å²) in [4.78, 5) is 0. The molecule has 0 aliphatic heterocycles. The van der Waals surface area contributed by atoms with Crippen LogP contribution in [0.25, 0.3) is 5.52 Å². The van der Waals surface area contributed by atoms with Crippen LogP contribution >= 0.6 is 11.3 Å². The number of fused-ring (bicyclic) bond motifs is 1. The van der Waals surface area contributed by atoms with Crippen molar-refractivity contribution in [3.05, 3.63) is 58.5 Å². The highest BCUT2D eigenvalue weighted by Crippen LogP contribution is 2.09. The number of thiophene rings is 1. The van der Waals surface area contributed by atoms with Gasteiger partial charge >= 0.3 is 0 Å². The monoisotopic (exact) mass is 257 g/mol. The maximum absolute atomic E-state index is 4.33. The second-order valence-electron chi connectivity index (χ2n) is 4.26. The zero-order chi connectivity index (χ0) is 12.2. The van der Waals surface area contributed by atoms with Gasteiger partial charge in [0, 0.05) is 18.3 Å². The molecule has 3 aromatic heterocycles. The molecule has 3 heterocycles. The lowest BCUT2D eigenvalue weighted by molar-refractivity contribution is 0.690. The molecule has 4 heteroatoms. The maximum atomic E-state index is 4.33. The predicted octanol–water partition coefficient (Wildman–Crippen LogP) is 2.73. The maximum Gasteiger partial charge on any atom is 0.0706 e. The first-order valence-electron chi connectivity index (χ1n) is 6.06. The van der Waals surface area contributed by atoms with Crippen molar-refractivity contribution in [3.8, 4) is 0 Å². The lowest BCUT2D eigenvalue weighted by Crippen LogP contribution is -2.16. The van der Waals surface area contributed by atoms with Crippen LogP contribution in [-0.4, -0.2) is 16.2 Å². The largest absolute Gasteiger partial charge is 0.312 e. The molecular weight excluding hydrogens is 242 g/mol. The molecular formula is C14H15N3S. The lowest BCUT2D eigenvalue weighted by Gasteiger charge is -2.02. The van der Waals surface area contributed by atoms with Gasteiger partial charge in [-0.3, -0.25) is 0 Å². The molecule has 0 saturated carbocycles. The summed E-state index contributed by atoms with van der Waals surface area (Å²) in [6.45, 7) is 1.87. The molecule has 1 N–H and O–H groups in total. The zero-order valence-corrected chi connectivity index (χ0v) is 10.9. The van der Waals surface area contributed by atoms with Crippen LogP contribution in [0.5, 0.6) is 0 Å². The van der Waals surface area contributed by atoms with Gasteiger partial charge in [-0.05, 0) is 47.5 Å². The number of nitrogens with one attached hydrogen (secondary N) is 1. The molecule has 3 aromatic rings. The van der Waals surface area contributed by atoms with Gasteiger partial charge in [0.1, 0.15) is 0 Å². The average molecular weight is 257 g/mol. The Bertz CT molecular complexity index is 613. The number of nitrogens with zero attached hydrogens (tertiary/aromatic N) is 2. The Morgan fingerprint density at radius 3 is 3.17 bits per heavy atom. The molecule has 0 saturated heterocycles. The molecule has 0 aromatic carbocycles. The third-order valence-corrected chi connectivity index (χ3v) is 3.72. The van der Waals surface area contributed by atoms with E-state index in [0.29, 0.717) is 0 Å². The lowest BCUT2D eigenvalue weighted by atomic mass is 10.2. The van der Waals surface area contributed by atoms with Crippen molar-refractivity contribution in [2.75, 3.05) is 6.54 Å². The summed E-state index contributed by atoms with van der Waals surface area (Å²) in [5.74, 6) is 0. The molecule has 0 atom stereocenters. The highest BCUT2D eigenvalue weighted by atomic mass is 32.1. The molecule has 18 heavy (non-hydrogen) atoms. The molecule has 0 amide bonds. The third-order valence-electron chi connectivity index (χ3n) is 2.99. The van der Waals surface area contributed by atoms with Crippen LogP contribution in [-0.2, 0) is 13.0 Å². The molecule has 0 aliphatic rings. The fourth-order valence-corrected chi connectivity index (χ4v) is 2.72. The Morgan fingerprint density at radius 2 is 2.28 bits per heavy atom. The van der Waals surface area contributed by atoms with Crippen molar-refractivity contribution in [1.29, 1.82) is 0 Å². The van der Waals surface area contributed by atoms with Gasteiger partial charge < -0.3 is 5.32 Å². The van der Waals surface area contributed by atoms with Gasteiger partial charge in [-0.15, -0.1) is 0 Å². The van der Waals surface area contributed by atoms with Gasteiger partial charge in [0.05, 0.1) is 11.7 Å². The highest BCUT2D eigenvalue weighted by Gasteiger charge is 2.02. The van der Waals surface area contributed by atoms with Gasteiger partial charge in [-0.2, -0.15) is 16.4 Å². The van der Waals surface area contributed by atoms with Crippen LogP contribution in [0.3, 0.4) is 0 Å². The zero-order valence-electron chi connectivity index (χ0n) is 10.0. The first-order valence-corrected chi connectivity index (χ1v) is 7.01. The Kier molecular flexibility index (Phi) is 3.39. The molecule has 3 rings (SSSR count). The quantitative estimate of drug-likeness (QED) is 0.712. The third kappa shape index (κ3) is 2.44. The van der Waals surface area contributed by atoms with Crippen LogP contribution < -0.4 is 5.32 Å². The fraction of sp³-hybridized carbons (Fsp3) is 0.214. The van der Waals surface area contributed by atoms with E-state index in [1.165, 1.54) is 16.6 Å². The van der Waals surface area contributed by atoms with Crippen LogP contribution in [0.2, 0.25) is 0 Å². The standard InChI is InChI=1S/C14H15N3S/c1-2-7-17-14(3-1)13(10-16-17)9-15-6-4-12-5-8-18-11-12/h1-3,5,7-8,10-11,15H,4,6,9H2. The summed E-state index contributed by atoms with van der Waals surface area (Å²) in [7, 11) is 0. The number of hydrogen-bond acceptors (Lipinski definition) is 3. The number of rotatable bonds is 5. The van der Waals surface area contributed by atoms with Gasteiger partial charge in [0.25, 0.3) is 0 Å². The molecule has 0 unspecified atom stereocenters. The van der Waals surface area contributed by atoms with Crippen LogP contribution in [0.15, 0.2) is 47.4 Å². The highest BCUT2D eigenvalue weighted by molar-refractivity contribution is 7.07. The summed E-state index contributed by atoms with van der Waals surface area (Å²) in [6, 6.07) is 8.32. The van der Waals surface area contributed by atoms with Crippen LogP contribution in [0.1, 0.15) is 11.1 Å². The van der Waals surface area contributed by atoms with E-state index < -0.39 is 0 Å². The molecule has 0 bridgehead atoms. The van der Waals surface area contributed by atoms with Crippen molar-refractivity contribution in [2.45, 2.75) is 13.0 Å². The van der Waals surface area contributed by atoms with Gasteiger partial charge in [0.15, 0.2) is 0 Å². The van der Waals surface area contributed by atoms with Gasteiger partial charge in [-0.1, -0.05) is 6.07 Å². The van der Waals surface area contributed by atoms with Crippen LogP contribution in [0, 0.1) is 0 Å². The van der Waals surface area contributed by atoms with E-state index in [1.807, 2.05) is 29.0 Å². The minimum absolute atomic E-state index is 0.873. The first kappa shape index (κ1) is 11.4. The Labute approximate surface area is 110 Å². The van der Waals surface area contributed by atoms with E-state index in [4.69, 9.17) is 0 Å². The number of aromatic nitrogens is 2. The Balaban J connectivity index is 1.57. The van der Waals surface area contributed by atoms with E-state index in [0.717, 1.165) is 19.5 Å². The summed E-state index contributed by atoms with van der Waals surface area (Å²) >= 11 is 1.76. The van der Waals surface area contributed by atoms with Crippen LogP contribution in [0.4, 0.5) is 0 Å². The van der Waals surface area contributed by atoms with E-state index in [1.54, 1.807) is 11.3 Å². The van der Waals surface area contributed by atoms with Crippen molar-refractivity contribution in [1.82, 2.24) is 14.9 Å². The van der Waals surface area contributed by atoms with E-state index in [-0.39, 0.29) is 0 Å². The predicted molar refractivity (Wildman–Crippen MR) is 74.9 cm³/mol. The fourth-order valence-electron chi connectivity index (χ4n) is 2.01. The topological polar surface area (TPSA) is 29.3 Å². The van der Waals surface area contributed by atoms with Gasteiger partial charge in [0.2, 0.25) is 0 Å². The normalized spacial score (nSPS) is 11.1. The molecule has 0 fully saturated rings. The Hall–Kier alpha value is -1.65. The minimum Gasteiger partial charge on any atom is -0.312 e. The molecule has 0 aliphatic carbocycles. The second-order valence-corrected chi connectivity index (χ2v) is 5.04. The molecule has 0 radical (unpaired) electrons. The Morgan fingerprint density at radius 1 is 1.28 bits per heavy atom. The smallest absolute Gasteiger partial charge is 0.0706 e. The molecule has 92 valence electrons. The second kappa shape index (κ2) is 5.33. The SMILES string of the molecule is c1ccn2ncc(CNCCc3ccsc3)c2c1. The van der Waals surface area contributed by atoms with Crippen molar-refractivity contribution in [2.24, 2.45) is 0 Å². The average Bonchev–Trinajstić information content (AvgIpc) is 3.04. The van der Waals surface area contributed by atoms with Crippen molar-refractivity contribution >= 4 is 16.9 Å². The summed E-state index contributed by atoms with van der Waals surface area (Å²) in [6.07, 6.45) is 5.00. The number of pyridine rings is 1. The number of hydrogen-bond donors (Lipinski definition) is 1. The van der Waals surface area contributed by atoms with Crippen molar-refractivity contribution < 1.29 is 0 Å². The van der Waals surface area contributed by atoms with E-state index in [9.17, 15) is 0 Å². The summed E-state index contributed by atoms with van der Waals surface area (Å²) in [5, 5.41) is 12.1. The first-order chi connectivity index (χ1) is 8.93.